The van der Waals surface area contributed by atoms with Crippen molar-refractivity contribution in [2.45, 2.75) is 32.4 Å². The Hall–Kier alpha value is -3.19. The quantitative estimate of drug-likeness (QED) is 0.667. The van der Waals surface area contributed by atoms with Crippen LogP contribution in [0.3, 0.4) is 0 Å². The number of hydrogen-bond acceptors (Lipinski definition) is 4. The van der Waals surface area contributed by atoms with Crippen LogP contribution in [0.2, 0.25) is 0 Å². The molecule has 1 amide bonds. The lowest BCUT2D eigenvalue weighted by molar-refractivity contribution is 0.1000. The Bertz CT molecular complexity index is 1040. The molecule has 7 heteroatoms. The summed E-state index contributed by atoms with van der Waals surface area (Å²) < 4.78 is 21.7. The van der Waals surface area contributed by atoms with Crippen LogP contribution in [0.4, 0.5) is 4.39 Å². The molecule has 1 aliphatic heterocycles. The molecule has 2 N–H and O–H groups in total. The van der Waals surface area contributed by atoms with Crippen LogP contribution in [0.5, 0.6) is 11.5 Å². The predicted molar refractivity (Wildman–Crippen MR) is 112 cm³/mol. The summed E-state index contributed by atoms with van der Waals surface area (Å²) in [4.78, 5) is 13.6. The highest BCUT2D eigenvalue weighted by molar-refractivity contribution is 5.92. The Labute approximate surface area is 175 Å². The number of carbonyl (C=O) groups excluding carboxylic acids is 1. The summed E-state index contributed by atoms with van der Waals surface area (Å²) in [5, 5.41) is 4.66. The van der Waals surface area contributed by atoms with Crippen molar-refractivity contribution in [1.82, 2.24) is 14.7 Å². The molecule has 1 saturated heterocycles. The first-order valence-electron chi connectivity index (χ1n) is 10.0. The molecular formula is C23H25FN4O2. The summed E-state index contributed by atoms with van der Waals surface area (Å²) in [6.45, 7) is 3.93. The van der Waals surface area contributed by atoms with Crippen LogP contribution in [0.1, 0.15) is 46.2 Å². The van der Waals surface area contributed by atoms with E-state index in [0.29, 0.717) is 11.8 Å². The second-order valence-corrected chi connectivity index (χ2v) is 7.72. The number of ether oxygens (including phenoxy) is 1. The van der Waals surface area contributed by atoms with Gasteiger partial charge in [-0.2, -0.15) is 5.10 Å². The molecule has 0 bridgehead atoms. The SMILES string of the molecule is Cc1cc(C2CCCN2Cc2ccc(Oc3ccc(C(N)=O)cc3F)cc2)nn1C. The zero-order valence-corrected chi connectivity index (χ0v) is 17.1. The highest BCUT2D eigenvalue weighted by Crippen LogP contribution is 2.33. The first kappa shape index (κ1) is 20.1. The van der Waals surface area contributed by atoms with Crippen molar-refractivity contribution in [3.63, 3.8) is 0 Å². The fourth-order valence-electron chi connectivity index (χ4n) is 3.86. The number of carbonyl (C=O) groups is 1. The van der Waals surface area contributed by atoms with Gasteiger partial charge in [-0.1, -0.05) is 12.1 Å². The summed E-state index contributed by atoms with van der Waals surface area (Å²) >= 11 is 0. The van der Waals surface area contributed by atoms with Gasteiger partial charge in [0.1, 0.15) is 5.75 Å². The zero-order chi connectivity index (χ0) is 21.3. The molecule has 1 aromatic heterocycles. The molecule has 0 aliphatic carbocycles. The number of hydrogen-bond donors (Lipinski definition) is 1. The van der Waals surface area contributed by atoms with Gasteiger partial charge in [-0.3, -0.25) is 14.4 Å². The fourth-order valence-corrected chi connectivity index (χ4v) is 3.86. The van der Waals surface area contributed by atoms with Crippen LogP contribution >= 0.6 is 0 Å². The van der Waals surface area contributed by atoms with E-state index in [1.807, 2.05) is 36.0 Å². The molecule has 0 saturated carbocycles. The van der Waals surface area contributed by atoms with Gasteiger partial charge in [-0.25, -0.2) is 4.39 Å². The van der Waals surface area contributed by atoms with Crippen LogP contribution in [0.25, 0.3) is 0 Å². The molecule has 1 unspecified atom stereocenters. The molecular weight excluding hydrogens is 383 g/mol. The maximum atomic E-state index is 14.1. The molecule has 3 aromatic rings. The summed E-state index contributed by atoms with van der Waals surface area (Å²) in [5.74, 6) is -0.715. The zero-order valence-electron chi connectivity index (χ0n) is 17.1. The molecule has 1 aliphatic rings. The van der Waals surface area contributed by atoms with E-state index in [2.05, 4.69) is 23.0 Å². The first-order chi connectivity index (χ1) is 14.4. The van der Waals surface area contributed by atoms with Crippen LogP contribution < -0.4 is 10.5 Å². The van der Waals surface area contributed by atoms with Gasteiger partial charge >= 0.3 is 0 Å². The van der Waals surface area contributed by atoms with Crippen molar-refractivity contribution in [2.24, 2.45) is 12.8 Å². The molecule has 2 aromatic carbocycles. The van der Waals surface area contributed by atoms with Crippen LogP contribution in [0, 0.1) is 12.7 Å². The third-order valence-corrected chi connectivity index (χ3v) is 5.59. The van der Waals surface area contributed by atoms with E-state index in [0.717, 1.165) is 48.9 Å². The highest BCUT2D eigenvalue weighted by atomic mass is 19.1. The van der Waals surface area contributed by atoms with Crippen molar-refractivity contribution in [3.8, 4) is 11.5 Å². The molecule has 1 fully saturated rings. The van der Waals surface area contributed by atoms with Crippen molar-refractivity contribution in [1.29, 1.82) is 0 Å². The number of nitrogens with two attached hydrogens (primary N) is 1. The molecule has 30 heavy (non-hydrogen) atoms. The highest BCUT2D eigenvalue weighted by Gasteiger charge is 2.28. The van der Waals surface area contributed by atoms with Crippen molar-refractivity contribution in [3.05, 3.63) is 76.9 Å². The standard InChI is InChI=1S/C23H25FN4O2/c1-15-12-20(26-27(15)2)21-4-3-11-28(21)14-16-5-8-18(9-6-16)30-22-10-7-17(23(25)29)13-19(22)24/h5-10,12-13,21H,3-4,11,14H2,1-2H3,(H2,25,29). The van der Waals surface area contributed by atoms with Gasteiger partial charge in [0.2, 0.25) is 5.91 Å². The number of halogens is 1. The Kier molecular flexibility index (Phi) is 5.55. The van der Waals surface area contributed by atoms with Gasteiger partial charge in [0, 0.05) is 24.8 Å². The van der Waals surface area contributed by atoms with Gasteiger partial charge in [-0.05, 0) is 68.3 Å². The molecule has 1 atom stereocenters. The summed E-state index contributed by atoms with van der Waals surface area (Å²) in [6.07, 6.45) is 2.26. The van der Waals surface area contributed by atoms with E-state index >= 15 is 0 Å². The number of nitrogens with zero attached hydrogens (tertiary/aromatic N) is 3. The molecule has 4 rings (SSSR count). The van der Waals surface area contributed by atoms with Gasteiger partial charge in [0.05, 0.1) is 11.7 Å². The third kappa shape index (κ3) is 4.21. The van der Waals surface area contributed by atoms with E-state index in [9.17, 15) is 9.18 Å². The lowest BCUT2D eigenvalue weighted by atomic mass is 10.1. The van der Waals surface area contributed by atoms with Gasteiger partial charge in [0.15, 0.2) is 11.6 Å². The number of rotatable bonds is 6. The number of aryl methyl sites for hydroxylation is 2. The number of likely N-dealkylation sites (tertiary alicyclic amines) is 1. The normalized spacial score (nSPS) is 16.7. The van der Waals surface area contributed by atoms with Crippen molar-refractivity contribution in [2.75, 3.05) is 6.54 Å². The Morgan fingerprint density at radius 3 is 2.63 bits per heavy atom. The maximum absolute atomic E-state index is 14.1. The van der Waals surface area contributed by atoms with E-state index in [1.165, 1.54) is 12.1 Å². The van der Waals surface area contributed by atoms with E-state index in [4.69, 9.17) is 10.5 Å². The summed E-state index contributed by atoms with van der Waals surface area (Å²) in [7, 11) is 1.97. The smallest absolute Gasteiger partial charge is 0.248 e. The largest absolute Gasteiger partial charge is 0.454 e. The van der Waals surface area contributed by atoms with E-state index in [-0.39, 0.29) is 11.3 Å². The molecule has 0 spiro atoms. The Morgan fingerprint density at radius 2 is 2.00 bits per heavy atom. The second kappa shape index (κ2) is 8.28. The molecule has 156 valence electrons. The monoisotopic (exact) mass is 408 g/mol. The topological polar surface area (TPSA) is 73.4 Å². The third-order valence-electron chi connectivity index (χ3n) is 5.59. The summed E-state index contributed by atoms with van der Waals surface area (Å²) in [6, 6.07) is 14.1. The van der Waals surface area contributed by atoms with Gasteiger partial charge in [0.25, 0.3) is 0 Å². The van der Waals surface area contributed by atoms with Crippen molar-refractivity contribution < 1.29 is 13.9 Å². The second-order valence-electron chi connectivity index (χ2n) is 7.72. The molecule has 6 nitrogen and oxygen atoms in total. The van der Waals surface area contributed by atoms with E-state index < -0.39 is 11.7 Å². The molecule has 2 heterocycles. The minimum Gasteiger partial charge on any atom is -0.454 e. The van der Waals surface area contributed by atoms with Crippen molar-refractivity contribution >= 4 is 5.91 Å². The predicted octanol–water partition coefficient (Wildman–Crippen LogP) is 4.10. The molecule has 0 radical (unpaired) electrons. The maximum Gasteiger partial charge on any atom is 0.248 e. The minimum absolute atomic E-state index is 0.0536. The first-order valence-corrected chi connectivity index (χ1v) is 10.0. The number of primary amides is 1. The Balaban J connectivity index is 1.43. The number of amides is 1. The lowest BCUT2D eigenvalue weighted by Crippen LogP contribution is -2.23. The van der Waals surface area contributed by atoms with Gasteiger partial charge < -0.3 is 10.5 Å². The Morgan fingerprint density at radius 1 is 1.23 bits per heavy atom. The average Bonchev–Trinajstić information content (AvgIpc) is 3.31. The summed E-state index contributed by atoms with van der Waals surface area (Å²) in [5.41, 5.74) is 8.73. The lowest BCUT2D eigenvalue weighted by Gasteiger charge is -2.23. The van der Waals surface area contributed by atoms with Crippen LogP contribution in [-0.4, -0.2) is 27.1 Å². The minimum atomic E-state index is -0.675. The van der Waals surface area contributed by atoms with Crippen LogP contribution in [0.15, 0.2) is 48.5 Å². The number of benzene rings is 2. The number of aromatic nitrogens is 2. The van der Waals surface area contributed by atoms with Crippen LogP contribution in [-0.2, 0) is 13.6 Å². The average molecular weight is 408 g/mol. The van der Waals surface area contributed by atoms with Gasteiger partial charge in [-0.15, -0.1) is 0 Å². The fraction of sp³-hybridized carbons (Fsp3) is 0.304. The van der Waals surface area contributed by atoms with E-state index in [1.54, 1.807) is 0 Å².